The first-order valence-electron chi connectivity index (χ1n) is 9.50. The van der Waals surface area contributed by atoms with E-state index in [-0.39, 0.29) is 5.82 Å². The van der Waals surface area contributed by atoms with Gasteiger partial charge in [-0.2, -0.15) is 0 Å². The topological polar surface area (TPSA) is 64.7 Å². The molecule has 0 bridgehead atoms. The third-order valence-corrected chi connectivity index (χ3v) is 5.32. The van der Waals surface area contributed by atoms with Gasteiger partial charge in [0.05, 0.1) is 0 Å². The molecule has 1 saturated heterocycles. The third-order valence-electron chi connectivity index (χ3n) is 4.91. The monoisotopic (exact) mass is 418 g/mol. The highest BCUT2D eigenvalue weighted by Gasteiger charge is 2.18. The number of nitrogens with one attached hydrogen (secondary N) is 2. The van der Waals surface area contributed by atoms with E-state index in [1.807, 2.05) is 6.92 Å². The van der Waals surface area contributed by atoms with E-state index < -0.39 is 11.8 Å². The average Bonchev–Trinajstić information content (AvgIpc) is 2.72. The highest BCUT2D eigenvalue weighted by atomic mass is 35.5. The lowest BCUT2D eigenvalue weighted by Crippen LogP contribution is -2.49. The van der Waals surface area contributed by atoms with E-state index in [0.29, 0.717) is 23.8 Å². The summed E-state index contributed by atoms with van der Waals surface area (Å²) in [4.78, 5) is 28.4. The van der Waals surface area contributed by atoms with Crippen LogP contribution in [-0.2, 0) is 9.59 Å². The van der Waals surface area contributed by atoms with Gasteiger partial charge in [-0.15, -0.1) is 0 Å². The van der Waals surface area contributed by atoms with Gasteiger partial charge in [-0.05, 0) is 48.9 Å². The van der Waals surface area contributed by atoms with E-state index in [9.17, 15) is 14.0 Å². The van der Waals surface area contributed by atoms with Crippen LogP contribution >= 0.6 is 11.6 Å². The smallest absolute Gasteiger partial charge is 0.313 e. The molecule has 0 atom stereocenters. The fraction of sp³-hybridized carbons (Fsp3) is 0.333. The minimum atomic E-state index is -0.717. The summed E-state index contributed by atoms with van der Waals surface area (Å²) in [6.45, 7) is 6.23. The second-order valence-corrected chi connectivity index (χ2v) is 7.39. The molecule has 154 valence electrons. The van der Waals surface area contributed by atoms with Gasteiger partial charge in [-0.1, -0.05) is 17.7 Å². The van der Waals surface area contributed by atoms with Crippen molar-refractivity contribution in [2.45, 2.75) is 6.92 Å². The quantitative estimate of drug-likeness (QED) is 0.733. The van der Waals surface area contributed by atoms with Crippen LogP contribution in [0, 0.1) is 12.7 Å². The summed E-state index contributed by atoms with van der Waals surface area (Å²) in [5, 5.41) is 5.72. The van der Waals surface area contributed by atoms with Crippen molar-refractivity contribution >= 4 is 34.8 Å². The van der Waals surface area contributed by atoms with Crippen LogP contribution in [0.4, 0.5) is 15.8 Å². The number of benzene rings is 2. The summed E-state index contributed by atoms with van der Waals surface area (Å²) in [5.41, 5.74) is 2.39. The number of aryl methyl sites for hydroxylation is 1. The van der Waals surface area contributed by atoms with Gasteiger partial charge in [-0.25, -0.2) is 4.39 Å². The van der Waals surface area contributed by atoms with Crippen molar-refractivity contribution in [2.24, 2.45) is 0 Å². The lowest BCUT2D eigenvalue weighted by molar-refractivity contribution is -0.136. The average molecular weight is 419 g/mol. The molecular weight excluding hydrogens is 395 g/mol. The predicted molar refractivity (Wildman–Crippen MR) is 113 cm³/mol. The van der Waals surface area contributed by atoms with Gasteiger partial charge >= 0.3 is 11.8 Å². The van der Waals surface area contributed by atoms with Crippen molar-refractivity contribution in [3.8, 4) is 0 Å². The summed E-state index contributed by atoms with van der Waals surface area (Å²) in [7, 11) is 0. The molecule has 0 aromatic heterocycles. The first-order valence-corrected chi connectivity index (χ1v) is 9.88. The number of amides is 2. The fourth-order valence-corrected chi connectivity index (χ4v) is 3.33. The Morgan fingerprint density at radius 1 is 1.03 bits per heavy atom. The van der Waals surface area contributed by atoms with Gasteiger partial charge < -0.3 is 15.5 Å². The standard InChI is InChI=1S/C21H24ClFN4O2/c1-15-2-5-17(14-19(15)22)25-21(29)20(28)24-8-9-26-10-12-27(13-11-26)18-6-3-16(23)4-7-18/h2-7,14H,8-13H2,1H3,(H,24,28)(H,25,29). The van der Waals surface area contributed by atoms with Crippen LogP contribution in [0.25, 0.3) is 0 Å². The number of piperazine rings is 1. The van der Waals surface area contributed by atoms with Gasteiger partial charge in [-0.3, -0.25) is 14.5 Å². The lowest BCUT2D eigenvalue weighted by atomic mass is 10.2. The third kappa shape index (κ3) is 5.92. The number of nitrogens with zero attached hydrogens (tertiary/aromatic N) is 2. The zero-order valence-electron chi connectivity index (χ0n) is 16.3. The minimum Gasteiger partial charge on any atom is -0.369 e. The van der Waals surface area contributed by atoms with Crippen LogP contribution in [-0.4, -0.2) is 56.0 Å². The molecule has 1 heterocycles. The highest BCUT2D eigenvalue weighted by molar-refractivity contribution is 6.39. The van der Waals surface area contributed by atoms with E-state index in [1.165, 1.54) is 12.1 Å². The first kappa shape index (κ1) is 21.1. The maximum Gasteiger partial charge on any atom is 0.313 e. The Morgan fingerprint density at radius 3 is 2.38 bits per heavy atom. The van der Waals surface area contributed by atoms with Gasteiger partial charge in [0.25, 0.3) is 0 Å². The maximum absolute atomic E-state index is 13.0. The van der Waals surface area contributed by atoms with E-state index in [1.54, 1.807) is 30.3 Å². The van der Waals surface area contributed by atoms with Gasteiger partial charge in [0.15, 0.2) is 0 Å². The molecule has 1 fully saturated rings. The molecule has 29 heavy (non-hydrogen) atoms. The number of anilines is 2. The molecule has 6 nitrogen and oxygen atoms in total. The van der Waals surface area contributed by atoms with E-state index in [4.69, 9.17) is 11.6 Å². The highest BCUT2D eigenvalue weighted by Crippen LogP contribution is 2.20. The molecule has 2 aromatic rings. The van der Waals surface area contributed by atoms with Crippen LogP contribution in [0.3, 0.4) is 0 Å². The van der Waals surface area contributed by atoms with Crippen molar-refractivity contribution in [3.05, 3.63) is 58.9 Å². The van der Waals surface area contributed by atoms with E-state index in [0.717, 1.165) is 37.4 Å². The van der Waals surface area contributed by atoms with Gasteiger partial charge in [0.2, 0.25) is 0 Å². The van der Waals surface area contributed by atoms with Crippen molar-refractivity contribution in [3.63, 3.8) is 0 Å². The van der Waals surface area contributed by atoms with Crippen molar-refractivity contribution in [1.29, 1.82) is 0 Å². The van der Waals surface area contributed by atoms with Crippen LogP contribution < -0.4 is 15.5 Å². The summed E-state index contributed by atoms with van der Waals surface area (Å²) in [5.74, 6) is -1.63. The number of carbonyl (C=O) groups excluding carboxylic acids is 2. The second kappa shape index (κ2) is 9.71. The SMILES string of the molecule is Cc1ccc(NC(=O)C(=O)NCCN2CCN(c3ccc(F)cc3)CC2)cc1Cl. The number of halogens is 2. The normalized spacial score (nSPS) is 14.5. The Labute approximate surface area is 174 Å². The molecule has 1 aliphatic rings. The van der Waals surface area contributed by atoms with Crippen LogP contribution in [0.2, 0.25) is 5.02 Å². The van der Waals surface area contributed by atoms with Crippen molar-refractivity contribution in [1.82, 2.24) is 10.2 Å². The van der Waals surface area contributed by atoms with E-state index in [2.05, 4.69) is 20.4 Å². The number of hydrogen-bond donors (Lipinski definition) is 2. The van der Waals surface area contributed by atoms with Crippen molar-refractivity contribution < 1.29 is 14.0 Å². The second-order valence-electron chi connectivity index (χ2n) is 6.98. The summed E-state index contributed by atoms with van der Waals surface area (Å²) in [6, 6.07) is 11.6. The molecule has 2 N–H and O–H groups in total. The summed E-state index contributed by atoms with van der Waals surface area (Å²) >= 11 is 6.03. The Kier molecular flexibility index (Phi) is 7.06. The summed E-state index contributed by atoms with van der Waals surface area (Å²) < 4.78 is 13.0. The first-order chi connectivity index (χ1) is 13.9. The largest absolute Gasteiger partial charge is 0.369 e. The van der Waals surface area contributed by atoms with Crippen LogP contribution in [0.15, 0.2) is 42.5 Å². The van der Waals surface area contributed by atoms with E-state index >= 15 is 0 Å². The molecule has 3 rings (SSSR count). The predicted octanol–water partition coefficient (Wildman–Crippen LogP) is 2.66. The zero-order chi connectivity index (χ0) is 20.8. The Balaban J connectivity index is 1.37. The zero-order valence-corrected chi connectivity index (χ0v) is 17.0. The van der Waals surface area contributed by atoms with Gasteiger partial charge in [0.1, 0.15) is 5.82 Å². The van der Waals surface area contributed by atoms with Crippen molar-refractivity contribution in [2.75, 3.05) is 49.5 Å². The molecule has 2 aromatic carbocycles. The number of carbonyl (C=O) groups is 2. The number of hydrogen-bond acceptors (Lipinski definition) is 4. The molecule has 1 aliphatic heterocycles. The molecule has 0 spiro atoms. The number of rotatable bonds is 5. The molecule has 0 unspecified atom stereocenters. The molecule has 0 radical (unpaired) electrons. The minimum absolute atomic E-state index is 0.238. The molecule has 0 saturated carbocycles. The Hall–Kier alpha value is -2.64. The molecule has 8 heteroatoms. The molecular formula is C21H24ClFN4O2. The van der Waals surface area contributed by atoms with Crippen LogP contribution in [0.1, 0.15) is 5.56 Å². The Bertz CT molecular complexity index is 867. The Morgan fingerprint density at radius 2 is 1.72 bits per heavy atom. The lowest BCUT2D eigenvalue weighted by Gasteiger charge is -2.36. The summed E-state index contributed by atoms with van der Waals surface area (Å²) in [6.07, 6.45) is 0. The van der Waals surface area contributed by atoms with Gasteiger partial charge in [0, 0.05) is 55.7 Å². The fourth-order valence-electron chi connectivity index (χ4n) is 3.15. The molecule has 2 amide bonds. The molecule has 0 aliphatic carbocycles. The maximum atomic E-state index is 13.0. The van der Waals surface area contributed by atoms with Crippen LogP contribution in [0.5, 0.6) is 0 Å².